The molecule has 2 N–H and O–H groups in total. The van der Waals surface area contributed by atoms with E-state index in [1.54, 1.807) is 6.07 Å². The van der Waals surface area contributed by atoms with Gasteiger partial charge in [-0.3, -0.25) is 0 Å². The summed E-state index contributed by atoms with van der Waals surface area (Å²) >= 11 is 0. The molecule has 2 aromatic carbocycles. The van der Waals surface area contributed by atoms with Gasteiger partial charge in [0, 0.05) is 12.0 Å². The number of benzene rings is 2. The third-order valence-corrected chi connectivity index (χ3v) is 4.83. The third-order valence-electron chi connectivity index (χ3n) is 4.83. The molecule has 1 saturated heterocycles. The number of ether oxygens (including phenoxy) is 2. The molecule has 1 aliphatic rings. The molecule has 0 radical (unpaired) electrons. The van der Waals surface area contributed by atoms with Gasteiger partial charge in [0.1, 0.15) is 0 Å². The van der Waals surface area contributed by atoms with Gasteiger partial charge in [0.25, 0.3) is 0 Å². The lowest BCUT2D eigenvalue weighted by Gasteiger charge is -2.26. The Bertz CT molecular complexity index is 852. The first-order chi connectivity index (χ1) is 12.9. The summed E-state index contributed by atoms with van der Waals surface area (Å²) in [6.07, 6.45) is 2.01. The maximum atomic E-state index is 11.3. The Kier molecular flexibility index (Phi) is 5.58. The van der Waals surface area contributed by atoms with Crippen LogP contribution in [0.2, 0.25) is 0 Å². The number of rotatable bonds is 7. The number of aryl methyl sites for hydroxylation is 2. The molecule has 0 amide bonds. The molecule has 27 heavy (non-hydrogen) atoms. The topological polar surface area (TPSA) is 93.1 Å². The highest BCUT2D eigenvalue weighted by molar-refractivity contribution is 6.01. The maximum absolute atomic E-state index is 11.3. The van der Waals surface area contributed by atoms with Gasteiger partial charge in [0.15, 0.2) is 5.79 Å². The molecule has 6 heteroatoms. The van der Waals surface area contributed by atoms with E-state index in [1.807, 2.05) is 25.1 Å². The van der Waals surface area contributed by atoms with Gasteiger partial charge in [-0.25, -0.2) is 9.59 Å². The monoisotopic (exact) mass is 370 g/mol. The molecule has 0 saturated carbocycles. The average molecular weight is 370 g/mol. The number of hydrogen-bond donors (Lipinski definition) is 2. The molecule has 1 fully saturated rings. The highest BCUT2D eigenvalue weighted by Crippen LogP contribution is 2.35. The van der Waals surface area contributed by atoms with Crippen molar-refractivity contribution in [1.29, 1.82) is 0 Å². The van der Waals surface area contributed by atoms with Crippen LogP contribution < -0.4 is 0 Å². The molecule has 0 aromatic heterocycles. The number of carboxylic acids is 2. The van der Waals surface area contributed by atoms with Crippen LogP contribution in [0.15, 0.2) is 42.5 Å². The Morgan fingerprint density at radius 1 is 0.926 bits per heavy atom. The quantitative estimate of drug-likeness (QED) is 0.775. The van der Waals surface area contributed by atoms with Crippen LogP contribution in [0.25, 0.3) is 0 Å². The molecule has 1 aliphatic heterocycles. The first kappa shape index (κ1) is 19.1. The Hall–Kier alpha value is -2.70. The normalized spacial score (nSPS) is 15.6. The van der Waals surface area contributed by atoms with Crippen LogP contribution in [0.1, 0.15) is 50.8 Å². The summed E-state index contributed by atoms with van der Waals surface area (Å²) in [5, 5.41) is 18.4. The Morgan fingerprint density at radius 3 is 2.15 bits per heavy atom. The number of hydrogen-bond acceptors (Lipinski definition) is 4. The predicted molar refractivity (Wildman–Crippen MR) is 98.1 cm³/mol. The van der Waals surface area contributed by atoms with Crippen molar-refractivity contribution in [2.24, 2.45) is 0 Å². The van der Waals surface area contributed by atoms with Crippen LogP contribution in [0.3, 0.4) is 0 Å². The smallest absolute Gasteiger partial charge is 0.336 e. The zero-order chi connectivity index (χ0) is 19.4. The molecule has 0 bridgehead atoms. The molecule has 2 aromatic rings. The standard InChI is InChI=1S/C21H22O6/c1-2-21(26-10-11-27-21)16-5-3-4-14(12-16)6-7-15-8-9-17(19(22)23)18(13-15)20(24)25/h3-5,8-9,12-13H,2,6-7,10-11H2,1H3,(H,22,23)(H,24,25). The zero-order valence-electron chi connectivity index (χ0n) is 15.1. The van der Waals surface area contributed by atoms with E-state index in [4.69, 9.17) is 14.6 Å². The van der Waals surface area contributed by atoms with Crippen molar-refractivity contribution in [3.63, 3.8) is 0 Å². The summed E-state index contributed by atoms with van der Waals surface area (Å²) < 4.78 is 11.7. The summed E-state index contributed by atoms with van der Waals surface area (Å²) in [7, 11) is 0. The van der Waals surface area contributed by atoms with Crippen LogP contribution in [0.4, 0.5) is 0 Å². The van der Waals surface area contributed by atoms with E-state index >= 15 is 0 Å². The van der Waals surface area contributed by atoms with Crippen LogP contribution in [0, 0.1) is 0 Å². The van der Waals surface area contributed by atoms with E-state index in [0.29, 0.717) is 26.1 Å². The van der Waals surface area contributed by atoms with Gasteiger partial charge in [-0.2, -0.15) is 0 Å². The first-order valence-electron chi connectivity index (χ1n) is 8.92. The lowest BCUT2D eigenvalue weighted by Crippen LogP contribution is -2.26. The van der Waals surface area contributed by atoms with Crippen molar-refractivity contribution in [1.82, 2.24) is 0 Å². The van der Waals surface area contributed by atoms with E-state index in [-0.39, 0.29) is 11.1 Å². The fourth-order valence-electron chi connectivity index (χ4n) is 3.39. The van der Waals surface area contributed by atoms with Crippen molar-refractivity contribution in [3.05, 3.63) is 70.3 Å². The summed E-state index contributed by atoms with van der Waals surface area (Å²) in [4.78, 5) is 22.5. The summed E-state index contributed by atoms with van der Waals surface area (Å²) in [6.45, 7) is 3.17. The molecule has 0 atom stereocenters. The van der Waals surface area contributed by atoms with Crippen LogP contribution in [-0.4, -0.2) is 35.4 Å². The largest absolute Gasteiger partial charge is 0.478 e. The van der Waals surface area contributed by atoms with Gasteiger partial charge in [-0.15, -0.1) is 0 Å². The fraction of sp³-hybridized carbons (Fsp3) is 0.333. The van der Waals surface area contributed by atoms with Crippen molar-refractivity contribution in [3.8, 4) is 0 Å². The molecule has 1 heterocycles. The fourth-order valence-corrected chi connectivity index (χ4v) is 3.39. The number of carboxylic acid groups (broad SMARTS) is 2. The minimum absolute atomic E-state index is 0.188. The molecule has 0 unspecified atom stereocenters. The Labute approximate surface area is 157 Å². The van der Waals surface area contributed by atoms with Gasteiger partial charge in [0.2, 0.25) is 0 Å². The second-order valence-electron chi connectivity index (χ2n) is 6.49. The SMILES string of the molecule is CCC1(c2cccc(CCc3ccc(C(=O)O)c(C(=O)O)c3)c2)OCCO1. The van der Waals surface area contributed by atoms with Crippen molar-refractivity contribution in [2.45, 2.75) is 32.0 Å². The Balaban J connectivity index is 1.77. The summed E-state index contributed by atoms with van der Waals surface area (Å²) in [5.74, 6) is -3.17. The van der Waals surface area contributed by atoms with Gasteiger partial charge < -0.3 is 19.7 Å². The molecule has 0 aliphatic carbocycles. The van der Waals surface area contributed by atoms with E-state index in [9.17, 15) is 14.7 Å². The predicted octanol–water partition coefficient (Wildman–Crippen LogP) is 3.48. The lowest BCUT2D eigenvalue weighted by molar-refractivity contribution is -0.167. The minimum Gasteiger partial charge on any atom is -0.478 e. The van der Waals surface area contributed by atoms with Crippen LogP contribution in [-0.2, 0) is 28.1 Å². The second kappa shape index (κ2) is 7.90. The average Bonchev–Trinajstić information content (AvgIpc) is 3.16. The molecular weight excluding hydrogens is 348 g/mol. The molecule has 0 spiro atoms. The minimum atomic E-state index is -1.24. The summed E-state index contributed by atoms with van der Waals surface area (Å²) in [5.41, 5.74) is 2.45. The zero-order valence-corrected chi connectivity index (χ0v) is 15.1. The number of aromatic carboxylic acids is 2. The van der Waals surface area contributed by atoms with Crippen LogP contribution >= 0.6 is 0 Å². The summed E-state index contributed by atoms with van der Waals surface area (Å²) in [6, 6.07) is 12.5. The second-order valence-corrected chi connectivity index (χ2v) is 6.49. The molecular formula is C21H22O6. The van der Waals surface area contributed by atoms with Crippen molar-refractivity contribution < 1.29 is 29.3 Å². The van der Waals surface area contributed by atoms with E-state index in [1.165, 1.54) is 12.1 Å². The maximum Gasteiger partial charge on any atom is 0.336 e. The molecule has 3 rings (SSSR count). The third kappa shape index (κ3) is 4.02. The van der Waals surface area contributed by atoms with Gasteiger partial charge in [0.05, 0.1) is 24.3 Å². The van der Waals surface area contributed by atoms with E-state index in [0.717, 1.165) is 23.1 Å². The van der Waals surface area contributed by atoms with Crippen molar-refractivity contribution >= 4 is 11.9 Å². The van der Waals surface area contributed by atoms with E-state index < -0.39 is 17.7 Å². The van der Waals surface area contributed by atoms with Gasteiger partial charge in [-0.05, 0) is 36.1 Å². The molecule has 142 valence electrons. The lowest BCUT2D eigenvalue weighted by atomic mass is 9.96. The van der Waals surface area contributed by atoms with Crippen molar-refractivity contribution in [2.75, 3.05) is 13.2 Å². The highest BCUT2D eigenvalue weighted by atomic mass is 16.7. The van der Waals surface area contributed by atoms with E-state index in [2.05, 4.69) is 6.07 Å². The van der Waals surface area contributed by atoms with Gasteiger partial charge in [-0.1, -0.05) is 37.3 Å². The highest BCUT2D eigenvalue weighted by Gasteiger charge is 2.36. The Morgan fingerprint density at radius 2 is 1.56 bits per heavy atom. The molecule has 6 nitrogen and oxygen atoms in total. The number of carbonyl (C=O) groups is 2. The first-order valence-corrected chi connectivity index (χ1v) is 8.92. The van der Waals surface area contributed by atoms with Gasteiger partial charge >= 0.3 is 11.9 Å². The van der Waals surface area contributed by atoms with Crippen LogP contribution in [0.5, 0.6) is 0 Å².